The van der Waals surface area contributed by atoms with Crippen LogP contribution < -0.4 is 5.32 Å². The molecular formula is C17H34N4O2. The van der Waals surface area contributed by atoms with Gasteiger partial charge in [0, 0.05) is 46.3 Å². The third-order valence-corrected chi connectivity index (χ3v) is 4.02. The molecule has 0 bridgehead atoms. The molecule has 0 unspecified atom stereocenters. The standard InChI is InChI=1S/C17H34N4O2/c1-5-18-17(19-11-10-16(22)21(6-2)7-3)20(4)12-13-23-14-15-8-9-15/h15H,5-14H2,1-4H3,(H,18,19). The molecule has 1 fully saturated rings. The Labute approximate surface area is 141 Å². The molecule has 6 nitrogen and oxygen atoms in total. The van der Waals surface area contributed by atoms with Crippen molar-refractivity contribution in [3.63, 3.8) is 0 Å². The molecule has 0 atom stereocenters. The quantitative estimate of drug-likeness (QED) is 0.356. The van der Waals surface area contributed by atoms with Crippen molar-refractivity contribution in [2.45, 2.75) is 40.0 Å². The van der Waals surface area contributed by atoms with E-state index < -0.39 is 0 Å². The van der Waals surface area contributed by atoms with Crippen molar-refractivity contribution in [3.8, 4) is 0 Å². The Morgan fingerprint density at radius 1 is 1.26 bits per heavy atom. The minimum absolute atomic E-state index is 0.171. The Kier molecular flexibility index (Phi) is 9.67. The lowest BCUT2D eigenvalue weighted by Gasteiger charge is -2.22. The molecule has 0 aromatic carbocycles. The van der Waals surface area contributed by atoms with Gasteiger partial charge in [0.05, 0.1) is 13.2 Å². The zero-order chi connectivity index (χ0) is 17.1. The highest BCUT2D eigenvalue weighted by Crippen LogP contribution is 2.28. The third-order valence-electron chi connectivity index (χ3n) is 4.02. The summed E-state index contributed by atoms with van der Waals surface area (Å²) in [5.41, 5.74) is 0. The lowest BCUT2D eigenvalue weighted by atomic mass is 10.3. The first-order chi connectivity index (χ1) is 11.1. The van der Waals surface area contributed by atoms with Crippen LogP contribution >= 0.6 is 0 Å². The zero-order valence-corrected chi connectivity index (χ0v) is 15.3. The average molecular weight is 326 g/mol. The molecular weight excluding hydrogens is 292 g/mol. The fraction of sp³-hybridized carbons (Fsp3) is 0.882. The largest absolute Gasteiger partial charge is 0.379 e. The van der Waals surface area contributed by atoms with Gasteiger partial charge in [0.2, 0.25) is 5.91 Å². The summed E-state index contributed by atoms with van der Waals surface area (Å²) in [6, 6.07) is 0. The number of aliphatic imine (C=N–C) groups is 1. The smallest absolute Gasteiger partial charge is 0.224 e. The van der Waals surface area contributed by atoms with E-state index in [2.05, 4.69) is 15.2 Å². The Hall–Kier alpha value is -1.30. The zero-order valence-electron chi connectivity index (χ0n) is 15.3. The maximum absolute atomic E-state index is 12.0. The highest BCUT2D eigenvalue weighted by atomic mass is 16.5. The minimum Gasteiger partial charge on any atom is -0.379 e. The number of likely N-dealkylation sites (N-methyl/N-ethyl adjacent to an activating group) is 1. The summed E-state index contributed by atoms with van der Waals surface area (Å²) in [6.07, 6.45) is 3.10. The van der Waals surface area contributed by atoms with Gasteiger partial charge in [-0.25, -0.2) is 0 Å². The molecule has 1 saturated carbocycles. The Balaban J connectivity index is 2.33. The molecule has 23 heavy (non-hydrogen) atoms. The second kappa shape index (κ2) is 11.3. The number of rotatable bonds is 11. The number of carbonyl (C=O) groups is 1. The monoisotopic (exact) mass is 326 g/mol. The fourth-order valence-corrected chi connectivity index (χ4v) is 2.30. The van der Waals surface area contributed by atoms with Crippen molar-refractivity contribution in [3.05, 3.63) is 0 Å². The van der Waals surface area contributed by atoms with Crippen molar-refractivity contribution in [2.75, 3.05) is 53.0 Å². The molecule has 0 heterocycles. The molecule has 0 spiro atoms. The van der Waals surface area contributed by atoms with Crippen LogP contribution in [0.5, 0.6) is 0 Å². The lowest BCUT2D eigenvalue weighted by Crippen LogP contribution is -2.41. The fourth-order valence-electron chi connectivity index (χ4n) is 2.30. The normalized spacial score (nSPS) is 14.7. The van der Waals surface area contributed by atoms with Gasteiger partial charge in [-0.2, -0.15) is 0 Å². The predicted octanol–water partition coefficient (Wildman–Crippen LogP) is 1.57. The number of hydrogen-bond acceptors (Lipinski definition) is 3. The lowest BCUT2D eigenvalue weighted by molar-refractivity contribution is -0.130. The van der Waals surface area contributed by atoms with E-state index in [-0.39, 0.29) is 5.91 Å². The van der Waals surface area contributed by atoms with Gasteiger partial charge in [0.25, 0.3) is 0 Å². The Morgan fingerprint density at radius 3 is 2.52 bits per heavy atom. The van der Waals surface area contributed by atoms with Crippen molar-refractivity contribution in [1.82, 2.24) is 15.1 Å². The van der Waals surface area contributed by atoms with Crippen molar-refractivity contribution < 1.29 is 9.53 Å². The average Bonchev–Trinajstić information content (AvgIpc) is 3.36. The van der Waals surface area contributed by atoms with E-state index in [0.717, 1.165) is 51.3 Å². The third kappa shape index (κ3) is 8.21. The van der Waals surface area contributed by atoms with E-state index in [4.69, 9.17) is 4.74 Å². The van der Waals surface area contributed by atoms with Gasteiger partial charge in [-0.3, -0.25) is 9.79 Å². The number of nitrogens with one attached hydrogen (secondary N) is 1. The molecule has 1 amide bonds. The van der Waals surface area contributed by atoms with E-state index in [1.165, 1.54) is 12.8 Å². The summed E-state index contributed by atoms with van der Waals surface area (Å²) in [6.45, 7) is 11.3. The first-order valence-electron chi connectivity index (χ1n) is 8.97. The van der Waals surface area contributed by atoms with Crippen LogP contribution in [-0.4, -0.2) is 74.7 Å². The predicted molar refractivity (Wildman–Crippen MR) is 94.7 cm³/mol. The molecule has 1 rings (SSSR count). The van der Waals surface area contributed by atoms with E-state index >= 15 is 0 Å². The van der Waals surface area contributed by atoms with Crippen LogP contribution in [0.1, 0.15) is 40.0 Å². The van der Waals surface area contributed by atoms with Gasteiger partial charge in [-0.1, -0.05) is 0 Å². The summed E-state index contributed by atoms with van der Waals surface area (Å²) < 4.78 is 5.67. The maximum atomic E-state index is 12.0. The number of nitrogens with zero attached hydrogens (tertiary/aromatic N) is 3. The van der Waals surface area contributed by atoms with Gasteiger partial charge in [0.1, 0.15) is 0 Å². The summed E-state index contributed by atoms with van der Waals surface area (Å²) >= 11 is 0. The molecule has 0 aliphatic heterocycles. The van der Waals surface area contributed by atoms with E-state index in [0.29, 0.717) is 13.0 Å². The number of guanidine groups is 1. The van der Waals surface area contributed by atoms with Gasteiger partial charge in [-0.05, 0) is 39.5 Å². The van der Waals surface area contributed by atoms with Gasteiger partial charge < -0.3 is 19.9 Å². The molecule has 6 heteroatoms. The van der Waals surface area contributed by atoms with Gasteiger partial charge in [-0.15, -0.1) is 0 Å². The van der Waals surface area contributed by atoms with Crippen LogP contribution in [0.25, 0.3) is 0 Å². The van der Waals surface area contributed by atoms with Crippen molar-refractivity contribution >= 4 is 11.9 Å². The van der Waals surface area contributed by atoms with E-state index in [1.54, 1.807) is 0 Å². The van der Waals surface area contributed by atoms with Crippen molar-refractivity contribution in [1.29, 1.82) is 0 Å². The van der Waals surface area contributed by atoms with Gasteiger partial charge in [0.15, 0.2) is 5.96 Å². The van der Waals surface area contributed by atoms with Crippen molar-refractivity contribution in [2.24, 2.45) is 10.9 Å². The summed E-state index contributed by atoms with van der Waals surface area (Å²) in [5.74, 6) is 1.81. The van der Waals surface area contributed by atoms with Crippen LogP contribution in [-0.2, 0) is 9.53 Å². The molecule has 0 aromatic heterocycles. The first kappa shape index (κ1) is 19.7. The van der Waals surface area contributed by atoms with Crippen LogP contribution in [0, 0.1) is 5.92 Å². The van der Waals surface area contributed by atoms with E-state index in [9.17, 15) is 4.79 Å². The molecule has 0 radical (unpaired) electrons. The summed E-state index contributed by atoms with van der Waals surface area (Å²) in [5, 5.41) is 3.27. The Bertz CT molecular complexity index is 366. The molecule has 1 aliphatic rings. The van der Waals surface area contributed by atoms with Crippen LogP contribution in [0.2, 0.25) is 0 Å². The summed E-state index contributed by atoms with van der Waals surface area (Å²) in [4.78, 5) is 20.5. The number of hydrogen-bond donors (Lipinski definition) is 1. The maximum Gasteiger partial charge on any atom is 0.224 e. The molecule has 1 N–H and O–H groups in total. The molecule has 0 saturated heterocycles. The molecule has 0 aromatic rings. The number of amides is 1. The van der Waals surface area contributed by atoms with Crippen LogP contribution in [0.3, 0.4) is 0 Å². The van der Waals surface area contributed by atoms with Gasteiger partial charge >= 0.3 is 0 Å². The number of ether oxygens (including phenoxy) is 1. The highest BCUT2D eigenvalue weighted by Gasteiger charge is 2.21. The second-order valence-corrected chi connectivity index (χ2v) is 5.99. The van der Waals surface area contributed by atoms with Crippen LogP contribution in [0.4, 0.5) is 0 Å². The molecule has 134 valence electrons. The topological polar surface area (TPSA) is 57.2 Å². The number of carbonyl (C=O) groups excluding carboxylic acids is 1. The summed E-state index contributed by atoms with van der Waals surface area (Å²) in [7, 11) is 2.01. The second-order valence-electron chi connectivity index (χ2n) is 5.99. The first-order valence-corrected chi connectivity index (χ1v) is 8.97. The Morgan fingerprint density at radius 2 is 1.96 bits per heavy atom. The van der Waals surface area contributed by atoms with E-state index in [1.807, 2.05) is 32.7 Å². The SMILES string of the molecule is CCNC(=NCCC(=O)N(CC)CC)N(C)CCOCC1CC1. The van der Waals surface area contributed by atoms with Crippen LogP contribution in [0.15, 0.2) is 4.99 Å². The minimum atomic E-state index is 0.171. The highest BCUT2D eigenvalue weighted by molar-refractivity contribution is 5.80. The molecule has 1 aliphatic carbocycles.